The van der Waals surface area contributed by atoms with Crippen molar-refractivity contribution in [3.05, 3.63) is 37.4 Å². The van der Waals surface area contributed by atoms with E-state index in [-0.39, 0.29) is 34.0 Å². The summed E-state index contributed by atoms with van der Waals surface area (Å²) < 4.78 is 53.8. The van der Waals surface area contributed by atoms with Gasteiger partial charge in [-0.1, -0.05) is 13.3 Å². The lowest BCUT2D eigenvalue weighted by atomic mass is 10.3. The minimum absolute atomic E-state index is 0. The number of imidazole rings is 2. The summed E-state index contributed by atoms with van der Waals surface area (Å²) in [5.41, 5.74) is 0. The highest BCUT2D eigenvalue weighted by Crippen LogP contribution is 2.30. The van der Waals surface area contributed by atoms with E-state index in [1.165, 1.54) is 30.7 Å². The van der Waals surface area contributed by atoms with E-state index >= 15 is 0 Å². The molecule has 2 rings (SSSR count). The van der Waals surface area contributed by atoms with Crippen LogP contribution in [0.5, 0.6) is 0 Å². The van der Waals surface area contributed by atoms with Gasteiger partial charge in [-0.05, 0) is 6.42 Å². The molecule has 2 aromatic heterocycles. The average Bonchev–Trinajstić information content (AvgIpc) is 3.04. The van der Waals surface area contributed by atoms with Gasteiger partial charge in [0.2, 0.25) is 12.7 Å². The first-order chi connectivity index (χ1) is 10.2. The molecular weight excluding hydrogens is 460 g/mol. The summed E-state index contributed by atoms with van der Waals surface area (Å²) in [5.74, 6) is 0. The highest BCUT2D eigenvalue weighted by Gasteiger charge is 2.45. The maximum Gasteiger partial charge on any atom is 0.461 e. The Morgan fingerprint density at radius 2 is 1.54 bits per heavy atom. The van der Waals surface area contributed by atoms with Gasteiger partial charge in [0.1, 0.15) is 24.8 Å². The van der Waals surface area contributed by atoms with E-state index in [2.05, 4.69) is 34.8 Å². The Bertz CT molecular complexity index is 569. The van der Waals surface area contributed by atoms with Crippen molar-refractivity contribution in [3.8, 4) is 0 Å². The number of hydrogen-bond acceptors (Lipinski definition) is 0. The van der Waals surface area contributed by atoms with Crippen LogP contribution in [0.4, 0.5) is 17.6 Å². The Morgan fingerprint density at radius 1 is 1.00 bits per heavy atom. The third-order valence-corrected chi connectivity index (χ3v) is 2.91. The fourth-order valence-electron chi connectivity index (χ4n) is 1.75. The van der Waals surface area contributed by atoms with Crippen LogP contribution in [0.2, 0.25) is 0 Å². The zero-order valence-corrected chi connectivity index (χ0v) is 16.9. The van der Waals surface area contributed by atoms with Gasteiger partial charge in [-0.3, -0.25) is 0 Å². The van der Waals surface area contributed by atoms with Crippen LogP contribution < -0.4 is 43.1 Å². The predicted molar refractivity (Wildman–Crippen MR) is 72.3 cm³/mol. The summed E-state index contributed by atoms with van der Waals surface area (Å²) in [6.45, 7) is 3.36. The van der Waals surface area contributed by atoms with Crippen LogP contribution in [0.1, 0.15) is 26.1 Å². The standard InChI is InChI=1S/C8H15N2.C6H7F4N2.2BrH/c1-3-4-5-10-7-6-9(2)8-10;1-11-2-3-12(4-11)5(7)6(8,9)10;;/h6-8H,3-5H2,1-2H3;2-5H,1H3;2*1H/q2*+1;;/p-2. The van der Waals surface area contributed by atoms with E-state index in [0.29, 0.717) is 4.57 Å². The highest BCUT2D eigenvalue weighted by molar-refractivity contribution is 4.73. The normalized spacial score (nSPS) is 11.6. The summed E-state index contributed by atoms with van der Waals surface area (Å²) >= 11 is 0. The van der Waals surface area contributed by atoms with Crippen molar-refractivity contribution >= 4 is 0 Å². The third kappa shape index (κ3) is 8.81. The molecule has 0 N–H and O–H groups in total. The largest absolute Gasteiger partial charge is 1.00 e. The fourth-order valence-corrected chi connectivity index (χ4v) is 1.75. The number of aromatic nitrogens is 4. The lowest BCUT2D eigenvalue weighted by Crippen LogP contribution is -3.00. The molecule has 0 aliphatic carbocycles. The molecule has 0 radical (unpaired) electrons. The summed E-state index contributed by atoms with van der Waals surface area (Å²) in [6, 6.07) is 0. The number of nitrogens with zero attached hydrogens (tertiary/aromatic N) is 4. The maximum absolute atomic E-state index is 12.5. The molecule has 2 heterocycles. The van der Waals surface area contributed by atoms with E-state index in [9.17, 15) is 17.6 Å². The molecule has 0 aromatic carbocycles. The molecule has 2 aromatic rings. The Morgan fingerprint density at radius 3 is 1.92 bits per heavy atom. The molecule has 0 saturated carbocycles. The number of unbranched alkanes of at least 4 members (excludes halogenated alkanes) is 1. The van der Waals surface area contributed by atoms with Gasteiger partial charge in [-0.2, -0.15) is 22.1 Å². The van der Waals surface area contributed by atoms with Crippen LogP contribution in [0, 0.1) is 0 Å². The van der Waals surface area contributed by atoms with E-state index in [4.69, 9.17) is 0 Å². The molecule has 4 nitrogen and oxygen atoms in total. The summed E-state index contributed by atoms with van der Waals surface area (Å²) in [7, 11) is 3.56. The second kappa shape index (κ2) is 11.6. The van der Waals surface area contributed by atoms with Crippen LogP contribution >= 0.6 is 0 Å². The number of alkyl halides is 4. The maximum atomic E-state index is 12.5. The highest BCUT2D eigenvalue weighted by atomic mass is 79.9. The molecule has 1 atom stereocenters. The van der Waals surface area contributed by atoms with Crippen molar-refractivity contribution in [1.29, 1.82) is 0 Å². The smallest absolute Gasteiger partial charge is 0.461 e. The first-order valence-corrected chi connectivity index (χ1v) is 6.98. The molecule has 0 aliphatic heterocycles. The number of rotatable bonds is 4. The lowest BCUT2D eigenvalue weighted by Gasteiger charge is -2.07. The van der Waals surface area contributed by atoms with Crippen LogP contribution in [-0.4, -0.2) is 15.3 Å². The predicted octanol–water partition coefficient (Wildman–Crippen LogP) is -3.54. The second-order valence-electron chi connectivity index (χ2n) is 5.07. The first kappa shape index (κ1) is 25.3. The first-order valence-electron chi connectivity index (χ1n) is 6.98. The molecule has 24 heavy (non-hydrogen) atoms. The molecule has 140 valence electrons. The van der Waals surface area contributed by atoms with Crippen molar-refractivity contribution in [2.24, 2.45) is 14.1 Å². The van der Waals surface area contributed by atoms with Crippen LogP contribution in [0.3, 0.4) is 0 Å². The van der Waals surface area contributed by atoms with Crippen molar-refractivity contribution in [2.75, 3.05) is 0 Å². The summed E-state index contributed by atoms with van der Waals surface area (Å²) in [6.07, 6.45) is 4.40. The van der Waals surface area contributed by atoms with Crippen LogP contribution in [-0.2, 0) is 20.6 Å². The van der Waals surface area contributed by atoms with Gasteiger partial charge in [-0.15, -0.1) is 0 Å². The van der Waals surface area contributed by atoms with Gasteiger partial charge in [0, 0.05) is 0 Å². The fraction of sp³-hybridized carbons (Fsp3) is 0.571. The number of halogens is 6. The molecule has 0 aliphatic rings. The molecule has 0 spiro atoms. The molecule has 1 unspecified atom stereocenters. The van der Waals surface area contributed by atoms with Crippen molar-refractivity contribution < 1.29 is 60.7 Å². The third-order valence-electron chi connectivity index (χ3n) is 2.91. The van der Waals surface area contributed by atoms with E-state index in [1.807, 2.05) is 7.05 Å². The monoisotopic (exact) mass is 480 g/mol. The van der Waals surface area contributed by atoms with E-state index < -0.39 is 12.5 Å². The molecule has 0 fully saturated rings. The van der Waals surface area contributed by atoms with Gasteiger partial charge >= 0.3 is 12.5 Å². The second-order valence-corrected chi connectivity index (χ2v) is 5.07. The average molecular weight is 482 g/mol. The summed E-state index contributed by atoms with van der Waals surface area (Å²) in [5, 5.41) is 0. The zero-order chi connectivity index (χ0) is 16.8. The van der Waals surface area contributed by atoms with Crippen LogP contribution in [0.25, 0.3) is 0 Å². The Hall–Kier alpha value is -0.900. The van der Waals surface area contributed by atoms with Crippen molar-refractivity contribution in [3.63, 3.8) is 0 Å². The molecule has 10 heteroatoms. The van der Waals surface area contributed by atoms with E-state index in [1.54, 1.807) is 0 Å². The van der Waals surface area contributed by atoms with Gasteiger partial charge < -0.3 is 34.0 Å². The lowest BCUT2D eigenvalue weighted by molar-refractivity contribution is -0.671. The minimum atomic E-state index is -4.84. The van der Waals surface area contributed by atoms with Crippen molar-refractivity contribution in [2.45, 2.75) is 38.8 Å². The molecule has 0 amide bonds. The topological polar surface area (TPSA) is 17.6 Å². The van der Waals surface area contributed by atoms with Gasteiger partial charge in [0.05, 0.1) is 20.6 Å². The quantitative estimate of drug-likeness (QED) is 0.318. The molecule has 0 saturated heterocycles. The van der Waals surface area contributed by atoms with Gasteiger partial charge in [0.25, 0.3) is 0 Å². The van der Waals surface area contributed by atoms with E-state index in [0.717, 1.165) is 19.1 Å². The SMILES string of the molecule is CCCCn1cc[n+](C)c1.C[n+]1ccn(C(F)C(F)(F)F)c1.[Br-].[Br-]. The summed E-state index contributed by atoms with van der Waals surface area (Å²) in [4.78, 5) is 0. The minimum Gasteiger partial charge on any atom is -1.00 e. The Balaban J connectivity index is 0. The van der Waals surface area contributed by atoms with Crippen molar-refractivity contribution in [1.82, 2.24) is 9.13 Å². The molecule has 0 bridgehead atoms. The van der Waals surface area contributed by atoms with Crippen LogP contribution in [0.15, 0.2) is 37.4 Å². The van der Waals surface area contributed by atoms with Gasteiger partial charge in [-0.25, -0.2) is 13.7 Å². The zero-order valence-electron chi connectivity index (χ0n) is 13.7. The molecular formula is C14H22Br2F4N4. The Labute approximate surface area is 160 Å². The number of aryl methyl sites for hydroxylation is 3. The van der Waals surface area contributed by atoms with Gasteiger partial charge in [0.15, 0.2) is 0 Å². The number of hydrogen-bond donors (Lipinski definition) is 0. The Kier molecular flexibility index (Phi) is 12.3.